The predicted octanol–water partition coefficient (Wildman–Crippen LogP) is 9.81. The van der Waals surface area contributed by atoms with Gasteiger partial charge in [0.1, 0.15) is 0 Å². The second kappa shape index (κ2) is 18.4. The third-order valence-electron chi connectivity index (χ3n) is 6.76. The minimum absolute atomic E-state index is 0.109. The summed E-state index contributed by atoms with van der Waals surface area (Å²) in [7, 11) is -4.04. The Balaban J connectivity index is 6.69. The van der Waals surface area contributed by atoms with Crippen molar-refractivity contribution >= 4 is 16.6 Å². The Labute approximate surface area is 217 Å². The van der Waals surface area contributed by atoms with E-state index in [0.29, 0.717) is 0 Å². The molecule has 0 heterocycles. The van der Waals surface area contributed by atoms with Crippen LogP contribution in [0.1, 0.15) is 121 Å². The monoisotopic (exact) mass is 582 g/mol. The summed E-state index contributed by atoms with van der Waals surface area (Å²) in [5, 5.41) is 0. The molecule has 200 valence electrons. The summed E-state index contributed by atoms with van der Waals surface area (Å²) in [6.07, 6.45) is 9.15. The van der Waals surface area contributed by atoms with E-state index in [1.807, 2.05) is 0 Å². The molecular formula is C26H60O4Si2Zr. The fraction of sp³-hybridized carbons (Fsp3) is 1.00. The van der Waals surface area contributed by atoms with Gasteiger partial charge in [-0.3, -0.25) is 0 Å². The van der Waals surface area contributed by atoms with E-state index in [1.165, 1.54) is 74.8 Å². The van der Waals surface area contributed by atoms with Crippen LogP contribution in [0.15, 0.2) is 0 Å². The summed E-state index contributed by atoms with van der Waals surface area (Å²) in [6, 6.07) is 7.13. The van der Waals surface area contributed by atoms with E-state index < -0.39 is 38.7 Å². The van der Waals surface area contributed by atoms with Gasteiger partial charge in [-0.05, 0) is 0 Å². The van der Waals surface area contributed by atoms with Gasteiger partial charge in [-0.1, -0.05) is 0 Å². The van der Waals surface area contributed by atoms with Gasteiger partial charge in [0.25, 0.3) is 0 Å². The molecular weight excluding hydrogens is 524 g/mol. The Morgan fingerprint density at radius 2 is 0.727 bits per heavy atom. The Kier molecular flexibility index (Phi) is 19.1. The molecule has 0 aromatic heterocycles. The molecule has 0 spiro atoms. The summed E-state index contributed by atoms with van der Waals surface area (Å²) < 4.78 is 28.9. The topological polar surface area (TPSA) is 36.9 Å². The second-order valence-electron chi connectivity index (χ2n) is 10.2. The zero-order chi connectivity index (χ0) is 25.4. The van der Waals surface area contributed by atoms with Gasteiger partial charge >= 0.3 is 218 Å². The van der Waals surface area contributed by atoms with Crippen LogP contribution < -0.4 is 0 Å². The van der Waals surface area contributed by atoms with Crippen molar-refractivity contribution in [3.8, 4) is 0 Å². The predicted molar refractivity (Wildman–Crippen MR) is 146 cm³/mol. The molecule has 0 radical (unpaired) electrons. The van der Waals surface area contributed by atoms with Crippen molar-refractivity contribution in [1.82, 2.24) is 0 Å². The normalized spacial score (nSPS) is 15.1. The van der Waals surface area contributed by atoms with Crippen LogP contribution in [0.4, 0.5) is 0 Å². The molecule has 2 unspecified atom stereocenters. The Morgan fingerprint density at radius 1 is 0.485 bits per heavy atom. The van der Waals surface area contributed by atoms with Gasteiger partial charge < -0.3 is 0 Å². The van der Waals surface area contributed by atoms with Crippen molar-refractivity contribution in [3.63, 3.8) is 0 Å². The molecule has 0 aliphatic heterocycles. The van der Waals surface area contributed by atoms with E-state index in [-0.39, 0.29) is 12.2 Å². The molecule has 0 N–H and O–H groups in total. The molecule has 0 fully saturated rings. The van der Waals surface area contributed by atoms with Crippen LogP contribution >= 0.6 is 0 Å². The maximum atomic E-state index is 7.50. The summed E-state index contributed by atoms with van der Waals surface area (Å²) in [6.45, 7) is 22.6. The molecule has 7 heteroatoms. The summed E-state index contributed by atoms with van der Waals surface area (Å²) >= 11 is -4.35. The van der Waals surface area contributed by atoms with E-state index in [9.17, 15) is 0 Å². The Morgan fingerprint density at radius 3 is 0.909 bits per heavy atom. The fourth-order valence-corrected chi connectivity index (χ4v) is 32.2. The molecule has 0 aliphatic carbocycles. The van der Waals surface area contributed by atoms with Gasteiger partial charge in [0.2, 0.25) is 0 Å². The quantitative estimate of drug-likeness (QED) is 0.119. The summed E-state index contributed by atoms with van der Waals surface area (Å²) in [5.74, 6) is 0. The molecule has 4 nitrogen and oxygen atoms in total. The van der Waals surface area contributed by atoms with E-state index in [4.69, 9.17) is 10.6 Å². The first-order valence-electron chi connectivity index (χ1n) is 14.4. The number of hydrogen-bond acceptors (Lipinski definition) is 4. The third kappa shape index (κ3) is 12.3. The van der Waals surface area contributed by atoms with E-state index >= 15 is 0 Å². The molecule has 0 amide bonds. The van der Waals surface area contributed by atoms with Gasteiger partial charge in [0, 0.05) is 0 Å². The molecule has 0 saturated heterocycles. The molecule has 0 aromatic carbocycles. The van der Waals surface area contributed by atoms with Crippen LogP contribution in [0.25, 0.3) is 0 Å². The Bertz CT molecular complexity index is 405. The Hall–Kier alpha value is 1.16. The number of rotatable bonds is 22. The molecule has 0 rings (SSSR count). The van der Waals surface area contributed by atoms with Crippen LogP contribution in [0.5, 0.6) is 0 Å². The van der Waals surface area contributed by atoms with Gasteiger partial charge in [-0.2, -0.15) is 0 Å². The summed E-state index contributed by atoms with van der Waals surface area (Å²) in [4.78, 5) is 0. The molecule has 33 heavy (non-hydrogen) atoms. The van der Waals surface area contributed by atoms with Crippen molar-refractivity contribution in [1.29, 1.82) is 0 Å². The van der Waals surface area contributed by atoms with Crippen molar-refractivity contribution < 1.29 is 32.7 Å². The summed E-state index contributed by atoms with van der Waals surface area (Å²) in [5.41, 5.74) is 0. The van der Waals surface area contributed by atoms with Crippen LogP contribution in [-0.4, -0.2) is 28.8 Å². The maximum absolute atomic E-state index is 7.50. The van der Waals surface area contributed by atoms with Crippen LogP contribution in [-0.2, 0) is 32.7 Å². The molecule has 0 saturated carbocycles. The van der Waals surface area contributed by atoms with Crippen LogP contribution in [0.2, 0.25) is 36.3 Å². The van der Waals surface area contributed by atoms with E-state index in [1.54, 1.807) is 0 Å². The zero-order valence-corrected chi connectivity index (χ0v) is 28.6. The van der Waals surface area contributed by atoms with Crippen LogP contribution in [0, 0.1) is 0 Å². The third-order valence-corrected chi connectivity index (χ3v) is 30.1. The molecule has 0 aliphatic rings. The average Bonchev–Trinajstić information content (AvgIpc) is 2.74. The first kappa shape index (κ1) is 34.2. The first-order valence-corrected chi connectivity index (χ1v) is 23.5. The van der Waals surface area contributed by atoms with Crippen molar-refractivity contribution in [3.05, 3.63) is 0 Å². The standard InChI is InChI=1S/2C9H21OSi.2C4H9O.Zr/c2*1-4-7-11(10,8-5-2)9-6-3;2*1-3-4(2)5;/h2*4-9H2,1-3H3;2*4H,3H2,1-2H3;/q4*-1;+4. The van der Waals surface area contributed by atoms with Crippen molar-refractivity contribution in [2.45, 2.75) is 169 Å². The van der Waals surface area contributed by atoms with Crippen LogP contribution in [0.3, 0.4) is 0 Å². The van der Waals surface area contributed by atoms with Gasteiger partial charge in [0.05, 0.1) is 0 Å². The second-order valence-corrected chi connectivity index (χ2v) is 25.0. The fourth-order valence-electron chi connectivity index (χ4n) is 5.12. The van der Waals surface area contributed by atoms with Gasteiger partial charge in [-0.15, -0.1) is 0 Å². The minimum atomic E-state index is -4.35. The molecule has 2 atom stereocenters. The van der Waals surface area contributed by atoms with Crippen molar-refractivity contribution in [2.24, 2.45) is 0 Å². The molecule has 0 bridgehead atoms. The average molecular weight is 584 g/mol. The van der Waals surface area contributed by atoms with Gasteiger partial charge in [-0.25, -0.2) is 0 Å². The SMILES string of the molecule is CCC[Si](CCC)(CCC)[O][Zr]([O]C(C)CC)([O]C(C)CC)[O][Si](CCC)(CCC)CCC. The van der Waals surface area contributed by atoms with Crippen molar-refractivity contribution in [2.75, 3.05) is 0 Å². The van der Waals surface area contributed by atoms with E-state index in [0.717, 1.165) is 12.8 Å². The zero-order valence-electron chi connectivity index (χ0n) is 24.2. The van der Waals surface area contributed by atoms with Gasteiger partial charge in [0.15, 0.2) is 0 Å². The number of hydrogen-bond donors (Lipinski definition) is 0. The van der Waals surface area contributed by atoms with E-state index in [2.05, 4.69) is 69.2 Å². The molecule has 0 aromatic rings. The first-order chi connectivity index (χ1) is 15.7.